The van der Waals surface area contributed by atoms with Gasteiger partial charge in [0.25, 0.3) is 0 Å². The van der Waals surface area contributed by atoms with Crippen LogP contribution >= 0.6 is 0 Å². The summed E-state index contributed by atoms with van der Waals surface area (Å²) in [4.78, 5) is 0. The molecule has 0 bridgehead atoms. The Morgan fingerprint density at radius 2 is 0.914 bits per heavy atom. The van der Waals surface area contributed by atoms with Crippen molar-refractivity contribution in [3.63, 3.8) is 0 Å². The van der Waals surface area contributed by atoms with Gasteiger partial charge in [0.1, 0.15) is 0 Å². The van der Waals surface area contributed by atoms with E-state index in [2.05, 4.69) is 88.8 Å². The Hall–Kier alpha value is -2.01. The molecule has 0 heterocycles. The van der Waals surface area contributed by atoms with Gasteiger partial charge in [-0.25, -0.2) is 11.6 Å². The Morgan fingerprint density at radius 3 is 1.11 bits per heavy atom. The molecular formula is C31H47N3Ti. The summed E-state index contributed by atoms with van der Waals surface area (Å²) in [6.07, 6.45) is 12.6. The molecule has 0 aromatic heterocycles. The maximum atomic E-state index is 5.33. The predicted molar refractivity (Wildman–Crippen MR) is 157 cm³/mol. The third kappa shape index (κ3) is 39.5. The topological polar surface area (TPSA) is 42.3 Å². The summed E-state index contributed by atoms with van der Waals surface area (Å²) >= 11 is 0. The van der Waals surface area contributed by atoms with Gasteiger partial charge >= 0.3 is 21.7 Å². The molecule has 35 heavy (non-hydrogen) atoms. The minimum absolute atomic E-state index is 0. The molecule has 0 amide bonds. The van der Waals surface area contributed by atoms with Gasteiger partial charge in [-0.05, 0) is 24.0 Å². The molecule has 2 aromatic carbocycles. The molecule has 0 aliphatic rings. The zero-order chi connectivity index (χ0) is 26.5. The fraction of sp³-hybridized carbons (Fsp3) is 0.355. The van der Waals surface area contributed by atoms with Crippen molar-refractivity contribution >= 4 is 0 Å². The Morgan fingerprint density at radius 1 is 0.629 bits per heavy atom. The maximum Gasteiger partial charge on any atom is 4.00 e. The summed E-state index contributed by atoms with van der Waals surface area (Å²) in [5.41, 5.74) is 4.83. The normalized spacial score (nSPS) is 8.94. The molecule has 0 aliphatic carbocycles. The van der Waals surface area contributed by atoms with Gasteiger partial charge in [-0.2, -0.15) is 47.9 Å². The molecule has 190 valence electrons. The zero-order valence-electron chi connectivity index (χ0n) is 23.5. The molecule has 0 atom stereocenters. The Labute approximate surface area is 232 Å². The molecule has 3 nitrogen and oxygen atoms in total. The van der Waals surface area contributed by atoms with Crippen molar-refractivity contribution in [2.45, 2.75) is 33.6 Å². The molecule has 0 N–H and O–H groups in total. The minimum Gasteiger partial charge on any atom is -0.668 e. The monoisotopic (exact) mass is 509 g/mol. The summed E-state index contributed by atoms with van der Waals surface area (Å²) in [5, 5.41) is 10.5. The first-order valence-corrected chi connectivity index (χ1v) is 11.4. The predicted octanol–water partition coefficient (Wildman–Crippen LogP) is 8.77. The van der Waals surface area contributed by atoms with E-state index in [1.54, 1.807) is 42.3 Å². The standard InChI is InChI=1S/C18H18.C7H11.3C2H6N.Ti/c1(5-11-17-13-7-3-8-14-17)2-6-12-18-15-9-4-10-16-18;1-6(2)5-7(3)4;3*1-3-2;/h1-10,13-16H,11-12H2;1,5H,2-4H3;3*1-2H3;/q;4*-1;+4. The largest absolute Gasteiger partial charge is 4.00 e. The molecule has 4 heteroatoms. The van der Waals surface area contributed by atoms with E-state index in [9.17, 15) is 0 Å². The van der Waals surface area contributed by atoms with Crippen LogP contribution in [-0.4, -0.2) is 42.3 Å². The number of benzene rings is 2. The minimum atomic E-state index is 0. The van der Waals surface area contributed by atoms with Gasteiger partial charge in [0.15, 0.2) is 0 Å². The van der Waals surface area contributed by atoms with Crippen LogP contribution in [0.4, 0.5) is 0 Å². The molecule has 0 aliphatic heterocycles. The summed E-state index contributed by atoms with van der Waals surface area (Å²) in [7, 11) is 10.5. The molecule has 0 saturated heterocycles. The van der Waals surface area contributed by atoms with E-state index in [-0.39, 0.29) is 21.7 Å². The van der Waals surface area contributed by atoms with Crippen LogP contribution in [0.2, 0.25) is 0 Å². The van der Waals surface area contributed by atoms with E-state index in [0.29, 0.717) is 0 Å². The smallest absolute Gasteiger partial charge is 0.668 e. The quantitative estimate of drug-likeness (QED) is 0.212. The van der Waals surface area contributed by atoms with Crippen LogP contribution < -0.4 is 0 Å². The zero-order valence-corrected chi connectivity index (χ0v) is 25.1. The Kier molecular flexibility index (Phi) is 39.2. The fourth-order valence-electron chi connectivity index (χ4n) is 2.25. The van der Waals surface area contributed by atoms with E-state index in [4.69, 9.17) is 6.58 Å². The molecular weight excluding hydrogens is 462 g/mol. The summed E-state index contributed by atoms with van der Waals surface area (Å²) in [5.74, 6) is 0. The maximum absolute atomic E-state index is 5.33. The van der Waals surface area contributed by atoms with Crippen LogP contribution in [0.25, 0.3) is 16.0 Å². The average molecular weight is 510 g/mol. The number of hydrogen-bond acceptors (Lipinski definition) is 0. The van der Waals surface area contributed by atoms with E-state index >= 15 is 0 Å². The first kappa shape index (κ1) is 40.2. The molecule has 0 saturated carbocycles. The van der Waals surface area contributed by atoms with Gasteiger partial charge in [0.2, 0.25) is 0 Å². The third-order valence-electron chi connectivity index (χ3n) is 3.29. The van der Waals surface area contributed by atoms with Crippen LogP contribution in [0.15, 0.2) is 102 Å². The molecule has 0 radical (unpaired) electrons. The van der Waals surface area contributed by atoms with Gasteiger partial charge in [0.05, 0.1) is 0 Å². The third-order valence-corrected chi connectivity index (χ3v) is 3.29. The van der Waals surface area contributed by atoms with Gasteiger partial charge < -0.3 is 16.0 Å². The Balaban J connectivity index is -0.000000236. The van der Waals surface area contributed by atoms with Gasteiger partial charge in [-0.15, -0.1) is 0 Å². The molecule has 2 rings (SSSR count). The first-order valence-electron chi connectivity index (χ1n) is 11.4. The summed E-state index contributed by atoms with van der Waals surface area (Å²) in [6, 6.07) is 21.0. The number of rotatable bonds is 6. The summed E-state index contributed by atoms with van der Waals surface area (Å²) < 4.78 is 0. The van der Waals surface area contributed by atoms with Crippen molar-refractivity contribution in [3.05, 3.63) is 136 Å². The van der Waals surface area contributed by atoms with Gasteiger partial charge in [-0.3, -0.25) is 6.58 Å². The van der Waals surface area contributed by atoms with E-state index in [0.717, 1.165) is 18.4 Å². The van der Waals surface area contributed by atoms with Crippen LogP contribution in [0.1, 0.15) is 31.9 Å². The van der Waals surface area contributed by atoms with Crippen molar-refractivity contribution in [1.29, 1.82) is 0 Å². The first-order chi connectivity index (χ1) is 16.3. The average Bonchev–Trinajstić information content (AvgIpc) is 2.79. The molecule has 2 aromatic rings. The second-order valence-electron chi connectivity index (χ2n) is 7.54. The molecule has 0 unspecified atom stereocenters. The second-order valence-corrected chi connectivity index (χ2v) is 7.54. The fourth-order valence-corrected chi connectivity index (χ4v) is 2.25. The van der Waals surface area contributed by atoms with Crippen LogP contribution in [0.3, 0.4) is 0 Å². The Bertz CT molecular complexity index is 693. The van der Waals surface area contributed by atoms with Crippen molar-refractivity contribution in [1.82, 2.24) is 0 Å². The van der Waals surface area contributed by atoms with Crippen LogP contribution in [0, 0.1) is 6.58 Å². The number of nitrogens with zero attached hydrogens (tertiary/aromatic N) is 3. The second kappa shape index (κ2) is 34.2. The van der Waals surface area contributed by atoms with Crippen molar-refractivity contribution in [2.24, 2.45) is 0 Å². The van der Waals surface area contributed by atoms with Crippen LogP contribution in [0.5, 0.6) is 0 Å². The number of allylic oxidation sites excluding steroid dienone is 7. The summed E-state index contributed by atoms with van der Waals surface area (Å²) in [6.45, 7) is 11.3. The van der Waals surface area contributed by atoms with E-state index in [1.165, 1.54) is 16.7 Å². The van der Waals surface area contributed by atoms with Crippen molar-refractivity contribution in [3.8, 4) is 0 Å². The van der Waals surface area contributed by atoms with Gasteiger partial charge in [-0.1, -0.05) is 106 Å². The van der Waals surface area contributed by atoms with Gasteiger partial charge in [0, 0.05) is 0 Å². The van der Waals surface area contributed by atoms with E-state index in [1.807, 2.05) is 39.0 Å². The SMILES string of the molecule is C(C=CCc1ccccc1)=CCc1ccccc1.C[N-]C.C[N-]C.C[N-]C.[CH-]=C(C)C=C(C)C.[Ti+4]. The van der Waals surface area contributed by atoms with Crippen molar-refractivity contribution < 1.29 is 21.7 Å². The van der Waals surface area contributed by atoms with E-state index < -0.39 is 0 Å². The number of hydrogen-bond donors (Lipinski definition) is 0. The molecule has 0 fully saturated rings. The molecule has 0 spiro atoms. The van der Waals surface area contributed by atoms with Crippen LogP contribution in [-0.2, 0) is 34.6 Å². The van der Waals surface area contributed by atoms with Crippen molar-refractivity contribution in [2.75, 3.05) is 42.3 Å².